The highest BCUT2D eigenvalue weighted by molar-refractivity contribution is 5.40. The number of unbranched alkanes of at least 4 members (excludes halogenated alkanes) is 1. The van der Waals surface area contributed by atoms with Crippen molar-refractivity contribution in [1.29, 1.82) is 0 Å². The first kappa shape index (κ1) is 13.7. The molecule has 0 bridgehead atoms. The van der Waals surface area contributed by atoms with Gasteiger partial charge in [-0.15, -0.1) is 0 Å². The van der Waals surface area contributed by atoms with E-state index in [0.717, 1.165) is 36.2 Å². The lowest BCUT2D eigenvalue weighted by Gasteiger charge is -2.05. The zero-order valence-electron chi connectivity index (χ0n) is 12.2. The molecule has 19 heavy (non-hydrogen) atoms. The van der Waals surface area contributed by atoms with E-state index in [0.29, 0.717) is 0 Å². The van der Waals surface area contributed by atoms with Gasteiger partial charge in [0, 0.05) is 11.3 Å². The van der Waals surface area contributed by atoms with Crippen molar-refractivity contribution < 1.29 is 0 Å². The Balaban J connectivity index is 2.45. The van der Waals surface area contributed by atoms with Crippen molar-refractivity contribution in [2.45, 2.75) is 47.0 Å². The Labute approximate surface area is 114 Å². The van der Waals surface area contributed by atoms with Gasteiger partial charge >= 0.3 is 0 Å². The van der Waals surface area contributed by atoms with E-state index in [1.165, 1.54) is 11.1 Å². The van der Waals surface area contributed by atoms with Crippen molar-refractivity contribution in [2.24, 2.45) is 0 Å². The molecule has 102 valence electrons. The predicted molar refractivity (Wildman–Crippen MR) is 79.2 cm³/mol. The van der Waals surface area contributed by atoms with Crippen LogP contribution < -0.4 is 5.56 Å². The second-order valence-electron chi connectivity index (χ2n) is 5.23. The van der Waals surface area contributed by atoms with E-state index in [4.69, 9.17) is 0 Å². The normalized spacial score (nSPS) is 10.9. The fourth-order valence-corrected chi connectivity index (χ4v) is 2.28. The molecule has 0 saturated heterocycles. The second-order valence-corrected chi connectivity index (χ2v) is 5.23. The number of benzene rings is 1. The molecule has 0 fully saturated rings. The van der Waals surface area contributed by atoms with Crippen LogP contribution in [0.3, 0.4) is 0 Å². The van der Waals surface area contributed by atoms with Crippen LogP contribution in [0.4, 0.5) is 0 Å². The molecule has 0 aliphatic heterocycles. The van der Waals surface area contributed by atoms with Gasteiger partial charge in [0.05, 0.1) is 5.69 Å². The summed E-state index contributed by atoms with van der Waals surface area (Å²) in [5.74, 6) is 0. The Bertz CT molecular complexity index is 635. The average Bonchev–Trinajstić information content (AvgIpc) is 2.66. The molecular weight excluding hydrogens is 236 g/mol. The molecule has 0 amide bonds. The number of aromatic amines is 1. The van der Waals surface area contributed by atoms with E-state index in [-0.39, 0.29) is 5.56 Å². The third-order valence-electron chi connectivity index (χ3n) is 3.72. The number of aromatic nitrogens is 2. The summed E-state index contributed by atoms with van der Waals surface area (Å²) >= 11 is 0. The highest BCUT2D eigenvalue weighted by Gasteiger charge is 2.12. The molecule has 1 aromatic heterocycles. The van der Waals surface area contributed by atoms with Crippen LogP contribution in [0.2, 0.25) is 0 Å². The lowest BCUT2D eigenvalue weighted by molar-refractivity contribution is 0.785. The highest BCUT2D eigenvalue weighted by Crippen LogP contribution is 2.14. The quantitative estimate of drug-likeness (QED) is 0.896. The molecule has 0 unspecified atom stereocenters. The van der Waals surface area contributed by atoms with Gasteiger partial charge in [0.1, 0.15) is 0 Å². The number of hydrogen-bond donors (Lipinski definition) is 1. The summed E-state index contributed by atoms with van der Waals surface area (Å²) in [7, 11) is 0. The molecule has 0 radical (unpaired) electrons. The van der Waals surface area contributed by atoms with Gasteiger partial charge in [0.2, 0.25) is 0 Å². The monoisotopic (exact) mass is 258 g/mol. The fourth-order valence-electron chi connectivity index (χ4n) is 2.28. The van der Waals surface area contributed by atoms with Crippen molar-refractivity contribution >= 4 is 0 Å². The van der Waals surface area contributed by atoms with Crippen LogP contribution >= 0.6 is 0 Å². The summed E-state index contributed by atoms with van der Waals surface area (Å²) in [6.45, 7) is 8.26. The number of nitrogens with zero attached hydrogens (tertiary/aromatic N) is 1. The van der Waals surface area contributed by atoms with E-state index in [2.05, 4.69) is 38.0 Å². The molecule has 0 atom stereocenters. The Morgan fingerprint density at radius 2 is 1.89 bits per heavy atom. The average molecular weight is 258 g/mol. The van der Waals surface area contributed by atoms with Crippen LogP contribution in [-0.4, -0.2) is 9.78 Å². The molecule has 0 aliphatic rings. The number of aryl methyl sites for hydroxylation is 3. The Morgan fingerprint density at radius 1 is 1.16 bits per heavy atom. The van der Waals surface area contributed by atoms with E-state index in [1.54, 1.807) is 4.68 Å². The van der Waals surface area contributed by atoms with Crippen LogP contribution in [0.1, 0.15) is 42.1 Å². The summed E-state index contributed by atoms with van der Waals surface area (Å²) < 4.78 is 1.66. The molecular formula is C16H22N2O. The molecule has 1 aromatic carbocycles. The van der Waals surface area contributed by atoms with Crippen LogP contribution in [-0.2, 0) is 6.42 Å². The van der Waals surface area contributed by atoms with Gasteiger partial charge in [-0.2, -0.15) is 0 Å². The van der Waals surface area contributed by atoms with Crippen LogP contribution in [0.5, 0.6) is 0 Å². The first-order valence-corrected chi connectivity index (χ1v) is 6.92. The first-order valence-electron chi connectivity index (χ1n) is 6.92. The van der Waals surface area contributed by atoms with Crippen molar-refractivity contribution in [3.05, 3.63) is 50.9 Å². The lowest BCUT2D eigenvalue weighted by atomic mass is 10.1. The zero-order chi connectivity index (χ0) is 14.0. The van der Waals surface area contributed by atoms with Crippen LogP contribution in [0.25, 0.3) is 5.69 Å². The van der Waals surface area contributed by atoms with Crippen LogP contribution in [0.15, 0.2) is 23.0 Å². The van der Waals surface area contributed by atoms with E-state index >= 15 is 0 Å². The van der Waals surface area contributed by atoms with Gasteiger partial charge in [-0.3, -0.25) is 9.89 Å². The molecule has 2 aromatic rings. The van der Waals surface area contributed by atoms with Gasteiger partial charge in [0.25, 0.3) is 5.56 Å². The van der Waals surface area contributed by atoms with E-state index in [9.17, 15) is 4.79 Å². The minimum Gasteiger partial charge on any atom is -0.295 e. The highest BCUT2D eigenvalue weighted by atomic mass is 16.1. The predicted octanol–water partition coefficient (Wildman–Crippen LogP) is 3.43. The third kappa shape index (κ3) is 2.65. The summed E-state index contributed by atoms with van der Waals surface area (Å²) in [5.41, 5.74) is 5.35. The maximum atomic E-state index is 12.4. The van der Waals surface area contributed by atoms with Crippen molar-refractivity contribution in [3.8, 4) is 5.69 Å². The van der Waals surface area contributed by atoms with Gasteiger partial charge < -0.3 is 0 Å². The van der Waals surface area contributed by atoms with E-state index < -0.39 is 0 Å². The molecule has 1 heterocycles. The van der Waals surface area contributed by atoms with Crippen LogP contribution in [0, 0.1) is 20.8 Å². The maximum Gasteiger partial charge on any atom is 0.274 e. The molecule has 1 N–H and O–H groups in total. The van der Waals surface area contributed by atoms with E-state index in [1.807, 2.05) is 13.0 Å². The van der Waals surface area contributed by atoms with Gasteiger partial charge in [0.15, 0.2) is 0 Å². The van der Waals surface area contributed by atoms with Gasteiger partial charge in [-0.05, 0) is 56.9 Å². The van der Waals surface area contributed by atoms with Gasteiger partial charge in [-0.1, -0.05) is 19.4 Å². The first-order chi connectivity index (χ1) is 9.04. The molecule has 0 aliphatic carbocycles. The second kappa shape index (κ2) is 5.47. The summed E-state index contributed by atoms with van der Waals surface area (Å²) in [6.07, 6.45) is 3.02. The third-order valence-corrected chi connectivity index (χ3v) is 3.72. The molecule has 3 heteroatoms. The number of nitrogens with one attached hydrogen (secondary N) is 1. The standard InChI is InChI=1S/C16H22N2O/c1-5-6-7-15-13(4)17-18(16(15)19)14-9-8-11(2)12(3)10-14/h8-10,17H,5-7H2,1-4H3. The van der Waals surface area contributed by atoms with Gasteiger partial charge in [-0.25, -0.2) is 4.68 Å². The smallest absolute Gasteiger partial charge is 0.274 e. The SMILES string of the molecule is CCCCc1c(C)[nH]n(-c2ccc(C)c(C)c2)c1=O. The molecule has 0 spiro atoms. The molecule has 0 saturated carbocycles. The summed E-state index contributed by atoms with van der Waals surface area (Å²) in [5, 5.41) is 3.19. The summed E-state index contributed by atoms with van der Waals surface area (Å²) in [6, 6.07) is 6.10. The topological polar surface area (TPSA) is 37.8 Å². The summed E-state index contributed by atoms with van der Waals surface area (Å²) in [4.78, 5) is 12.4. The molecule has 3 nitrogen and oxygen atoms in total. The lowest BCUT2D eigenvalue weighted by Crippen LogP contribution is -2.17. The molecule has 2 rings (SSSR count). The minimum absolute atomic E-state index is 0.0919. The zero-order valence-corrected chi connectivity index (χ0v) is 12.2. The largest absolute Gasteiger partial charge is 0.295 e. The fraction of sp³-hybridized carbons (Fsp3) is 0.438. The number of rotatable bonds is 4. The Morgan fingerprint density at radius 3 is 2.53 bits per heavy atom. The van der Waals surface area contributed by atoms with Crippen molar-refractivity contribution in [1.82, 2.24) is 9.78 Å². The van der Waals surface area contributed by atoms with Crippen molar-refractivity contribution in [3.63, 3.8) is 0 Å². The van der Waals surface area contributed by atoms with Crippen molar-refractivity contribution in [2.75, 3.05) is 0 Å². The number of H-pyrrole nitrogens is 1. The Hall–Kier alpha value is -1.77. The Kier molecular flexibility index (Phi) is 3.93. The minimum atomic E-state index is 0.0919. The maximum absolute atomic E-state index is 12.4. The number of hydrogen-bond acceptors (Lipinski definition) is 1.